The topological polar surface area (TPSA) is 26.3 Å². The highest BCUT2D eigenvalue weighted by Gasteiger charge is 2.16. The lowest BCUT2D eigenvalue weighted by atomic mass is 10.0. The van der Waals surface area contributed by atoms with Gasteiger partial charge in [-0.2, -0.15) is 11.8 Å². The molecule has 0 amide bonds. The van der Waals surface area contributed by atoms with E-state index in [1.807, 2.05) is 18.7 Å². The molecular weight excluding hydrogens is 172 g/mol. The normalized spacial score (nSPS) is 22.6. The third kappa shape index (κ3) is 3.48. The molecule has 0 aliphatic carbocycles. The zero-order valence-corrected chi connectivity index (χ0v) is 8.36. The Morgan fingerprint density at radius 1 is 1.67 bits per heavy atom. The molecule has 12 heavy (non-hydrogen) atoms. The standard InChI is InChI=1S/C9H16O2S/c1-2-11-9(10)4-3-8-5-6-12-7-8/h8H,2-7H2,1H3. The molecule has 0 spiro atoms. The molecule has 1 saturated heterocycles. The second-order valence-electron chi connectivity index (χ2n) is 3.07. The fourth-order valence-electron chi connectivity index (χ4n) is 1.37. The number of hydrogen-bond acceptors (Lipinski definition) is 3. The van der Waals surface area contributed by atoms with E-state index in [0.717, 1.165) is 12.3 Å². The first-order valence-corrected chi connectivity index (χ1v) is 5.71. The second-order valence-corrected chi connectivity index (χ2v) is 4.22. The van der Waals surface area contributed by atoms with Gasteiger partial charge in [0.15, 0.2) is 0 Å². The van der Waals surface area contributed by atoms with E-state index in [1.165, 1.54) is 17.9 Å². The van der Waals surface area contributed by atoms with Crippen LogP contribution in [0.1, 0.15) is 26.2 Å². The minimum atomic E-state index is -0.0330. The molecule has 1 aliphatic rings. The van der Waals surface area contributed by atoms with E-state index in [2.05, 4.69) is 0 Å². The Bertz CT molecular complexity index is 141. The van der Waals surface area contributed by atoms with E-state index < -0.39 is 0 Å². The van der Waals surface area contributed by atoms with Gasteiger partial charge in [0.05, 0.1) is 6.61 Å². The predicted octanol–water partition coefficient (Wildman–Crippen LogP) is 2.08. The molecule has 2 nitrogen and oxygen atoms in total. The van der Waals surface area contributed by atoms with Gasteiger partial charge in [-0.25, -0.2) is 0 Å². The number of thioether (sulfide) groups is 1. The Balaban J connectivity index is 2.03. The highest BCUT2D eigenvalue weighted by Crippen LogP contribution is 2.26. The summed E-state index contributed by atoms with van der Waals surface area (Å²) >= 11 is 2.00. The summed E-state index contributed by atoms with van der Waals surface area (Å²) in [4.78, 5) is 11.0. The van der Waals surface area contributed by atoms with Crippen LogP contribution in [0, 0.1) is 5.92 Å². The van der Waals surface area contributed by atoms with Crippen molar-refractivity contribution in [2.24, 2.45) is 5.92 Å². The summed E-state index contributed by atoms with van der Waals surface area (Å²) in [5, 5.41) is 0. The summed E-state index contributed by atoms with van der Waals surface area (Å²) in [7, 11) is 0. The quantitative estimate of drug-likeness (QED) is 0.632. The molecule has 3 heteroatoms. The molecule has 0 aromatic heterocycles. The maximum absolute atomic E-state index is 11.0. The molecule has 1 unspecified atom stereocenters. The summed E-state index contributed by atoms with van der Waals surface area (Å²) in [5.74, 6) is 3.24. The number of hydrogen-bond donors (Lipinski definition) is 0. The SMILES string of the molecule is CCOC(=O)CCC1CCSC1. The van der Waals surface area contributed by atoms with Crippen LogP contribution in [0.3, 0.4) is 0 Å². The van der Waals surface area contributed by atoms with Crippen molar-refractivity contribution in [2.45, 2.75) is 26.2 Å². The van der Waals surface area contributed by atoms with Gasteiger partial charge in [0.25, 0.3) is 0 Å². The van der Waals surface area contributed by atoms with E-state index in [1.54, 1.807) is 0 Å². The maximum atomic E-state index is 11.0. The Labute approximate surface area is 78.1 Å². The fraction of sp³-hybridized carbons (Fsp3) is 0.889. The van der Waals surface area contributed by atoms with Crippen molar-refractivity contribution in [3.8, 4) is 0 Å². The smallest absolute Gasteiger partial charge is 0.305 e. The molecule has 0 N–H and O–H groups in total. The second kappa shape index (κ2) is 5.46. The lowest BCUT2D eigenvalue weighted by Crippen LogP contribution is -2.07. The minimum Gasteiger partial charge on any atom is -0.466 e. The van der Waals surface area contributed by atoms with Crippen LogP contribution in [0.25, 0.3) is 0 Å². The van der Waals surface area contributed by atoms with Crippen LogP contribution >= 0.6 is 11.8 Å². The van der Waals surface area contributed by atoms with Crippen LogP contribution in [0.2, 0.25) is 0 Å². The van der Waals surface area contributed by atoms with E-state index in [0.29, 0.717) is 13.0 Å². The third-order valence-electron chi connectivity index (χ3n) is 2.09. The van der Waals surface area contributed by atoms with Crippen molar-refractivity contribution in [2.75, 3.05) is 18.1 Å². The highest BCUT2D eigenvalue weighted by atomic mass is 32.2. The molecule has 1 atom stereocenters. The van der Waals surface area contributed by atoms with E-state index in [-0.39, 0.29) is 5.97 Å². The number of ether oxygens (including phenoxy) is 1. The van der Waals surface area contributed by atoms with Crippen LogP contribution in [-0.2, 0) is 9.53 Å². The molecule has 0 aromatic rings. The average molecular weight is 188 g/mol. The Kier molecular flexibility index (Phi) is 4.51. The van der Waals surface area contributed by atoms with Gasteiger partial charge in [-0.3, -0.25) is 4.79 Å². The van der Waals surface area contributed by atoms with E-state index >= 15 is 0 Å². The van der Waals surface area contributed by atoms with Crippen molar-refractivity contribution in [3.05, 3.63) is 0 Å². The first-order chi connectivity index (χ1) is 5.83. The van der Waals surface area contributed by atoms with Crippen LogP contribution in [0.5, 0.6) is 0 Å². The molecule has 1 aliphatic heterocycles. The van der Waals surface area contributed by atoms with Crippen molar-refractivity contribution in [1.29, 1.82) is 0 Å². The molecule has 0 saturated carbocycles. The molecule has 0 radical (unpaired) electrons. The van der Waals surface area contributed by atoms with Crippen LogP contribution in [-0.4, -0.2) is 24.1 Å². The van der Waals surface area contributed by atoms with Gasteiger partial charge in [0.1, 0.15) is 0 Å². The summed E-state index contributed by atoms with van der Waals surface area (Å²) in [6.07, 6.45) is 2.91. The van der Waals surface area contributed by atoms with E-state index in [4.69, 9.17) is 4.74 Å². The van der Waals surface area contributed by atoms with Gasteiger partial charge in [-0.1, -0.05) is 0 Å². The molecule has 1 rings (SSSR count). The van der Waals surface area contributed by atoms with Crippen LogP contribution in [0.4, 0.5) is 0 Å². The van der Waals surface area contributed by atoms with Gasteiger partial charge in [0.2, 0.25) is 0 Å². The Morgan fingerprint density at radius 2 is 2.50 bits per heavy atom. The predicted molar refractivity (Wildman–Crippen MR) is 51.3 cm³/mol. The number of carbonyl (C=O) groups is 1. The first-order valence-electron chi connectivity index (χ1n) is 4.56. The van der Waals surface area contributed by atoms with Gasteiger partial charge in [-0.15, -0.1) is 0 Å². The number of carbonyl (C=O) groups excluding carboxylic acids is 1. The highest BCUT2D eigenvalue weighted by molar-refractivity contribution is 7.99. The van der Waals surface area contributed by atoms with Gasteiger partial charge >= 0.3 is 5.97 Å². The van der Waals surface area contributed by atoms with Crippen molar-refractivity contribution in [3.63, 3.8) is 0 Å². The van der Waals surface area contributed by atoms with Crippen LogP contribution in [0.15, 0.2) is 0 Å². The third-order valence-corrected chi connectivity index (χ3v) is 3.32. The molecule has 1 fully saturated rings. The first kappa shape index (κ1) is 9.90. The zero-order chi connectivity index (χ0) is 8.81. The van der Waals surface area contributed by atoms with Crippen molar-refractivity contribution < 1.29 is 9.53 Å². The Hall–Kier alpha value is -0.180. The molecule has 0 bridgehead atoms. The molecular formula is C9H16O2S. The lowest BCUT2D eigenvalue weighted by molar-refractivity contribution is -0.143. The monoisotopic (exact) mass is 188 g/mol. The molecule has 70 valence electrons. The Morgan fingerprint density at radius 3 is 3.08 bits per heavy atom. The average Bonchev–Trinajstić information content (AvgIpc) is 2.53. The van der Waals surface area contributed by atoms with Crippen LogP contribution < -0.4 is 0 Å². The zero-order valence-electron chi connectivity index (χ0n) is 7.54. The summed E-state index contributed by atoms with van der Waals surface area (Å²) in [6, 6.07) is 0. The van der Waals surface area contributed by atoms with Crippen molar-refractivity contribution >= 4 is 17.7 Å². The number of esters is 1. The van der Waals surface area contributed by atoms with Crippen molar-refractivity contribution in [1.82, 2.24) is 0 Å². The maximum Gasteiger partial charge on any atom is 0.305 e. The van der Waals surface area contributed by atoms with Gasteiger partial charge in [-0.05, 0) is 37.2 Å². The fourth-order valence-corrected chi connectivity index (χ4v) is 2.70. The molecule has 1 heterocycles. The largest absolute Gasteiger partial charge is 0.466 e. The minimum absolute atomic E-state index is 0.0330. The van der Waals surface area contributed by atoms with E-state index in [9.17, 15) is 4.79 Å². The van der Waals surface area contributed by atoms with Gasteiger partial charge < -0.3 is 4.74 Å². The summed E-state index contributed by atoms with van der Waals surface area (Å²) < 4.78 is 4.86. The summed E-state index contributed by atoms with van der Waals surface area (Å²) in [5.41, 5.74) is 0. The lowest BCUT2D eigenvalue weighted by Gasteiger charge is -2.06. The van der Waals surface area contributed by atoms with Gasteiger partial charge in [0, 0.05) is 6.42 Å². The molecule has 0 aromatic carbocycles. The summed E-state index contributed by atoms with van der Waals surface area (Å²) in [6.45, 7) is 2.36. The number of rotatable bonds is 4.